The summed E-state index contributed by atoms with van der Waals surface area (Å²) in [6, 6.07) is 2.11. The van der Waals surface area contributed by atoms with Crippen molar-refractivity contribution in [2.45, 2.75) is 58.9 Å². The van der Waals surface area contributed by atoms with Gasteiger partial charge < -0.3 is 9.64 Å². The minimum absolute atomic E-state index is 0.130. The van der Waals surface area contributed by atoms with Gasteiger partial charge in [-0.2, -0.15) is 5.26 Å². The topological polar surface area (TPSA) is 78.6 Å². The molecule has 0 N–H and O–H groups in total. The maximum absolute atomic E-state index is 13.2. The molecule has 178 valence electrons. The number of nitriles is 1. The summed E-state index contributed by atoms with van der Waals surface area (Å²) in [5.74, 6) is 0.693. The molecule has 0 bridgehead atoms. The van der Waals surface area contributed by atoms with Crippen molar-refractivity contribution in [1.82, 2.24) is 9.47 Å². The molecule has 2 fully saturated rings. The highest BCUT2D eigenvalue weighted by molar-refractivity contribution is 8.26. The summed E-state index contributed by atoms with van der Waals surface area (Å²) in [7, 11) is 1.63. The largest absolute Gasteiger partial charge is 0.385 e. The van der Waals surface area contributed by atoms with E-state index in [-0.39, 0.29) is 17.0 Å². The number of rotatable bonds is 8. The summed E-state index contributed by atoms with van der Waals surface area (Å²) in [6.45, 7) is 7.13. The monoisotopic (exact) mass is 488 g/mol. The van der Waals surface area contributed by atoms with Crippen LogP contribution in [0.25, 0.3) is 6.08 Å². The molecule has 3 rings (SSSR count). The number of thiocarbonyl (C=S) groups is 1. The van der Waals surface area contributed by atoms with Crippen molar-refractivity contribution in [2.75, 3.05) is 38.3 Å². The molecular weight excluding hydrogens is 456 g/mol. The predicted octanol–water partition coefficient (Wildman–Crippen LogP) is 4.06. The Labute approximate surface area is 205 Å². The number of aromatic nitrogens is 1. The molecule has 0 atom stereocenters. The number of ether oxygens (including phenoxy) is 1. The number of carbonyl (C=O) groups excluding carboxylic acids is 1. The summed E-state index contributed by atoms with van der Waals surface area (Å²) in [6.07, 6.45) is 7.76. The van der Waals surface area contributed by atoms with Gasteiger partial charge in [0.1, 0.15) is 21.8 Å². The van der Waals surface area contributed by atoms with E-state index < -0.39 is 0 Å². The van der Waals surface area contributed by atoms with Crippen molar-refractivity contribution in [1.29, 1.82) is 5.26 Å². The third-order valence-electron chi connectivity index (χ3n) is 6.08. The molecule has 0 aliphatic carbocycles. The van der Waals surface area contributed by atoms with Crippen molar-refractivity contribution >= 4 is 46.1 Å². The molecular formula is C24H32N4O3S2. The lowest BCUT2D eigenvalue weighted by Crippen LogP contribution is -2.35. The van der Waals surface area contributed by atoms with Gasteiger partial charge in [-0.3, -0.25) is 19.1 Å². The van der Waals surface area contributed by atoms with E-state index in [1.807, 2.05) is 19.9 Å². The summed E-state index contributed by atoms with van der Waals surface area (Å²) >= 11 is 6.75. The number of hydrogen-bond acceptors (Lipinski definition) is 7. The Morgan fingerprint density at radius 2 is 1.88 bits per heavy atom. The predicted molar refractivity (Wildman–Crippen MR) is 137 cm³/mol. The van der Waals surface area contributed by atoms with Crippen molar-refractivity contribution in [2.24, 2.45) is 0 Å². The number of methoxy groups -OCH3 is 1. The third-order valence-corrected chi connectivity index (χ3v) is 7.46. The number of anilines is 1. The molecule has 0 unspecified atom stereocenters. The van der Waals surface area contributed by atoms with E-state index in [2.05, 4.69) is 11.0 Å². The van der Waals surface area contributed by atoms with Crippen LogP contribution in [0.15, 0.2) is 9.70 Å². The molecule has 33 heavy (non-hydrogen) atoms. The summed E-state index contributed by atoms with van der Waals surface area (Å²) in [4.78, 5) is 30.8. The third kappa shape index (κ3) is 5.51. The zero-order chi connectivity index (χ0) is 24.0. The van der Waals surface area contributed by atoms with Crippen LogP contribution in [-0.2, 0) is 16.1 Å². The van der Waals surface area contributed by atoms with Crippen LogP contribution in [0.1, 0.15) is 62.1 Å². The van der Waals surface area contributed by atoms with E-state index in [9.17, 15) is 14.9 Å². The first kappa shape index (κ1) is 25.5. The second-order valence-corrected chi connectivity index (χ2v) is 10.1. The van der Waals surface area contributed by atoms with Gasteiger partial charge in [-0.05, 0) is 44.2 Å². The summed E-state index contributed by atoms with van der Waals surface area (Å²) < 4.78 is 7.37. The van der Waals surface area contributed by atoms with Crippen molar-refractivity contribution in [3.8, 4) is 6.07 Å². The Morgan fingerprint density at radius 1 is 1.18 bits per heavy atom. The smallest absolute Gasteiger partial charge is 0.270 e. The molecule has 0 spiro atoms. The highest BCUT2D eigenvalue weighted by Crippen LogP contribution is 2.36. The fraction of sp³-hybridized carbons (Fsp3) is 0.583. The molecule has 1 amide bonds. The Bertz CT molecular complexity index is 1030. The van der Waals surface area contributed by atoms with Crippen LogP contribution in [0.5, 0.6) is 0 Å². The van der Waals surface area contributed by atoms with E-state index in [1.165, 1.54) is 24.6 Å². The number of hydrogen-bond donors (Lipinski definition) is 0. The highest BCUT2D eigenvalue weighted by Gasteiger charge is 2.33. The molecule has 1 aromatic heterocycles. The van der Waals surface area contributed by atoms with Crippen molar-refractivity contribution < 1.29 is 9.53 Å². The highest BCUT2D eigenvalue weighted by atomic mass is 32.2. The van der Waals surface area contributed by atoms with Gasteiger partial charge in [-0.15, -0.1) is 0 Å². The first-order valence-corrected chi connectivity index (χ1v) is 12.8. The Morgan fingerprint density at radius 3 is 2.48 bits per heavy atom. The number of carbonyl (C=O) groups is 1. The van der Waals surface area contributed by atoms with Gasteiger partial charge in [0.25, 0.3) is 11.5 Å². The van der Waals surface area contributed by atoms with E-state index in [0.29, 0.717) is 40.9 Å². The SMILES string of the molecule is CCCn1c(N2CCCCCC2)c(/C=C2/SC(=S)N(CCCOC)C2=O)c(C)c(C#N)c1=O. The molecule has 2 aliphatic heterocycles. The molecule has 0 radical (unpaired) electrons. The van der Waals surface area contributed by atoms with Gasteiger partial charge in [0.05, 0.1) is 4.91 Å². The van der Waals surface area contributed by atoms with Crippen LogP contribution in [-0.4, -0.2) is 53.0 Å². The van der Waals surface area contributed by atoms with E-state index in [0.717, 1.165) is 43.7 Å². The number of pyridine rings is 1. The first-order valence-electron chi connectivity index (χ1n) is 11.6. The summed E-state index contributed by atoms with van der Waals surface area (Å²) in [5, 5.41) is 9.77. The van der Waals surface area contributed by atoms with Crippen LogP contribution in [0.2, 0.25) is 0 Å². The molecule has 7 nitrogen and oxygen atoms in total. The zero-order valence-electron chi connectivity index (χ0n) is 19.7. The average Bonchev–Trinajstić information content (AvgIpc) is 2.97. The van der Waals surface area contributed by atoms with Gasteiger partial charge >= 0.3 is 0 Å². The van der Waals surface area contributed by atoms with Gasteiger partial charge in [-0.1, -0.05) is 43.7 Å². The minimum Gasteiger partial charge on any atom is -0.385 e. The molecule has 1 aromatic rings. The standard InChI is InChI=1S/C24H32N4O3S2/c1-4-10-27-21(26-11-7-5-6-8-12-26)18(17(2)19(16-25)22(27)29)15-20-23(30)28(24(32)33-20)13-9-14-31-3/h15H,4-14H2,1-3H3/b20-15+. The normalized spacial score (nSPS) is 18.2. The maximum Gasteiger partial charge on any atom is 0.270 e. The van der Waals surface area contributed by atoms with Crippen LogP contribution in [0.4, 0.5) is 5.82 Å². The Hall–Kier alpha value is -2.15. The van der Waals surface area contributed by atoms with Crippen molar-refractivity contribution in [3.05, 3.63) is 31.9 Å². The van der Waals surface area contributed by atoms with Gasteiger partial charge in [-0.25, -0.2) is 0 Å². The average molecular weight is 489 g/mol. The van der Waals surface area contributed by atoms with E-state index in [4.69, 9.17) is 17.0 Å². The lowest BCUT2D eigenvalue weighted by atomic mass is 10.0. The fourth-order valence-corrected chi connectivity index (χ4v) is 5.68. The molecule has 0 aromatic carbocycles. The Balaban J connectivity index is 2.14. The van der Waals surface area contributed by atoms with E-state index in [1.54, 1.807) is 16.6 Å². The van der Waals surface area contributed by atoms with Crippen LogP contribution in [0, 0.1) is 18.3 Å². The number of thioether (sulfide) groups is 1. The Kier molecular flexibility index (Phi) is 9.12. The second kappa shape index (κ2) is 11.8. The van der Waals surface area contributed by atoms with Crippen LogP contribution in [0.3, 0.4) is 0 Å². The fourth-order valence-electron chi connectivity index (χ4n) is 4.39. The maximum atomic E-state index is 13.2. The van der Waals surface area contributed by atoms with Crippen LogP contribution >= 0.6 is 24.0 Å². The van der Waals surface area contributed by atoms with Crippen LogP contribution < -0.4 is 10.5 Å². The van der Waals surface area contributed by atoms with Gasteiger partial charge in [0.2, 0.25) is 0 Å². The molecule has 2 saturated heterocycles. The van der Waals surface area contributed by atoms with E-state index >= 15 is 0 Å². The lowest BCUT2D eigenvalue weighted by Gasteiger charge is -2.29. The molecule has 3 heterocycles. The van der Waals surface area contributed by atoms with Gasteiger partial charge in [0.15, 0.2) is 0 Å². The number of amides is 1. The molecule has 2 aliphatic rings. The lowest BCUT2D eigenvalue weighted by molar-refractivity contribution is -0.122. The van der Waals surface area contributed by atoms with Gasteiger partial charge in [0, 0.05) is 45.5 Å². The molecule has 9 heteroatoms. The second-order valence-electron chi connectivity index (χ2n) is 8.39. The zero-order valence-corrected chi connectivity index (χ0v) is 21.3. The summed E-state index contributed by atoms with van der Waals surface area (Å²) in [5.41, 5.74) is 1.29. The quantitative estimate of drug-likeness (QED) is 0.310. The van der Waals surface area contributed by atoms with Crippen molar-refractivity contribution in [3.63, 3.8) is 0 Å². The minimum atomic E-state index is -0.250. The molecule has 0 saturated carbocycles. The first-order chi connectivity index (χ1) is 15.9. The number of nitrogens with zero attached hydrogens (tertiary/aromatic N) is 4.